The Labute approximate surface area is 254 Å². The summed E-state index contributed by atoms with van der Waals surface area (Å²) < 4.78 is 0. The molecule has 0 heterocycles. The Morgan fingerprint density at radius 1 is 0.476 bits per heavy atom. The Morgan fingerprint density at radius 2 is 0.905 bits per heavy atom. The summed E-state index contributed by atoms with van der Waals surface area (Å²) in [6.07, 6.45) is 10.7. The maximum Gasteiger partial charge on any atom is 0.488 e. The molecule has 0 atom stereocenters. The molecule has 0 aliphatic heterocycles. The van der Waals surface area contributed by atoms with Crippen LogP contribution in [0.15, 0.2) is 78.9 Å². The predicted octanol–water partition coefficient (Wildman–Crippen LogP) is 4.08. The first-order valence-electron chi connectivity index (χ1n) is 15.8. The Balaban J connectivity index is 1.52. The Hall–Kier alpha value is -2.45. The van der Waals surface area contributed by atoms with Gasteiger partial charge in [0.05, 0.1) is 0 Å². The summed E-state index contributed by atoms with van der Waals surface area (Å²) in [5.74, 6) is 0. The minimum absolute atomic E-state index is 0.570. The summed E-state index contributed by atoms with van der Waals surface area (Å²) in [7, 11) is -2.92. The van der Waals surface area contributed by atoms with Crippen molar-refractivity contribution in [3.05, 3.63) is 95.6 Å². The third-order valence-corrected chi connectivity index (χ3v) is 7.98. The van der Waals surface area contributed by atoms with Gasteiger partial charge in [-0.05, 0) is 66.5 Å². The standard InChI is InChI=1S/C34H50B2N2O4/c1-2-3-4-5-15-24-37(28-31-20-11-13-22-33(31)35(39)40)25-16-6-7-17-26-38(27-30-18-9-8-10-19-30)29-32-21-12-14-23-34(32)36(41)42/h8-14,18-23,39-42H,2-7,15-17,24-29H2,1H3. The second kappa shape index (κ2) is 19.7. The molecule has 226 valence electrons. The fraction of sp³-hybridized carbons (Fsp3) is 0.471. The van der Waals surface area contributed by atoms with Gasteiger partial charge in [0.1, 0.15) is 0 Å². The molecule has 0 bridgehead atoms. The summed E-state index contributed by atoms with van der Waals surface area (Å²) in [4.78, 5) is 4.88. The molecule has 0 fully saturated rings. The van der Waals surface area contributed by atoms with Crippen LogP contribution in [0.2, 0.25) is 0 Å². The second-order valence-electron chi connectivity index (χ2n) is 11.4. The zero-order valence-corrected chi connectivity index (χ0v) is 25.5. The van der Waals surface area contributed by atoms with Crippen molar-refractivity contribution < 1.29 is 20.1 Å². The minimum atomic E-state index is -1.47. The van der Waals surface area contributed by atoms with Crippen molar-refractivity contribution in [2.24, 2.45) is 0 Å². The molecule has 0 amide bonds. The lowest BCUT2D eigenvalue weighted by atomic mass is 9.77. The van der Waals surface area contributed by atoms with Gasteiger partial charge in [-0.2, -0.15) is 0 Å². The monoisotopic (exact) mass is 572 g/mol. The summed E-state index contributed by atoms with van der Waals surface area (Å²) in [6, 6.07) is 25.7. The molecule has 0 spiro atoms. The average molecular weight is 572 g/mol. The van der Waals surface area contributed by atoms with E-state index in [1.807, 2.05) is 42.5 Å². The molecule has 0 radical (unpaired) electrons. The molecule has 0 aromatic heterocycles. The fourth-order valence-corrected chi connectivity index (χ4v) is 5.63. The average Bonchev–Trinajstić information content (AvgIpc) is 2.99. The third kappa shape index (κ3) is 12.4. The van der Waals surface area contributed by atoms with E-state index in [0.29, 0.717) is 17.5 Å². The van der Waals surface area contributed by atoms with Crippen LogP contribution >= 0.6 is 0 Å². The van der Waals surface area contributed by atoms with Gasteiger partial charge < -0.3 is 20.1 Å². The highest BCUT2D eigenvalue weighted by molar-refractivity contribution is 6.59. The SMILES string of the molecule is CCCCCCCN(CCCCCCN(Cc1ccccc1)Cc1ccccc1B(O)O)Cc1ccccc1B(O)O. The van der Waals surface area contributed by atoms with Crippen LogP contribution in [-0.2, 0) is 19.6 Å². The maximum atomic E-state index is 9.86. The van der Waals surface area contributed by atoms with Gasteiger partial charge in [-0.3, -0.25) is 9.80 Å². The van der Waals surface area contributed by atoms with Gasteiger partial charge in [-0.25, -0.2) is 0 Å². The largest absolute Gasteiger partial charge is 0.488 e. The molecule has 0 aliphatic rings. The first kappa shape index (κ1) is 34.0. The van der Waals surface area contributed by atoms with Gasteiger partial charge >= 0.3 is 14.2 Å². The highest BCUT2D eigenvalue weighted by Gasteiger charge is 2.18. The van der Waals surface area contributed by atoms with Crippen LogP contribution < -0.4 is 10.9 Å². The second-order valence-corrected chi connectivity index (χ2v) is 11.4. The van der Waals surface area contributed by atoms with Gasteiger partial charge in [0.25, 0.3) is 0 Å². The van der Waals surface area contributed by atoms with Gasteiger partial charge in [-0.15, -0.1) is 0 Å². The summed E-state index contributed by atoms with van der Waals surface area (Å²) in [6.45, 7) is 7.43. The third-order valence-electron chi connectivity index (χ3n) is 7.98. The Morgan fingerprint density at radius 3 is 1.40 bits per heavy atom. The number of rotatable bonds is 21. The lowest BCUT2D eigenvalue weighted by molar-refractivity contribution is 0.241. The van der Waals surface area contributed by atoms with E-state index >= 15 is 0 Å². The zero-order chi connectivity index (χ0) is 30.0. The molecular weight excluding hydrogens is 522 g/mol. The van der Waals surface area contributed by atoms with Crippen molar-refractivity contribution in [2.45, 2.75) is 84.3 Å². The molecule has 6 nitrogen and oxygen atoms in total. The highest BCUT2D eigenvalue weighted by Crippen LogP contribution is 2.14. The minimum Gasteiger partial charge on any atom is -0.423 e. The topological polar surface area (TPSA) is 87.4 Å². The zero-order valence-electron chi connectivity index (χ0n) is 25.5. The fourth-order valence-electron chi connectivity index (χ4n) is 5.63. The summed E-state index contributed by atoms with van der Waals surface area (Å²) >= 11 is 0. The first-order chi connectivity index (χ1) is 20.5. The van der Waals surface area contributed by atoms with E-state index in [4.69, 9.17) is 0 Å². The van der Waals surface area contributed by atoms with Gasteiger partial charge in [0, 0.05) is 19.6 Å². The summed E-state index contributed by atoms with van der Waals surface area (Å²) in [5, 5.41) is 39.4. The van der Waals surface area contributed by atoms with Crippen molar-refractivity contribution in [2.75, 3.05) is 19.6 Å². The van der Waals surface area contributed by atoms with Crippen molar-refractivity contribution in [3.63, 3.8) is 0 Å². The lowest BCUT2D eigenvalue weighted by Gasteiger charge is -2.25. The van der Waals surface area contributed by atoms with Crippen LogP contribution in [0.25, 0.3) is 0 Å². The quantitative estimate of drug-likeness (QED) is 0.114. The van der Waals surface area contributed by atoms with E-state index in [-0.39, 0.29) is 0 Å². The van der Waals surface area contributed by atoms with Gasteiger partial charge in [-0.1, -0.05) is 124 Å². The van der Waals surface area contributed by atoms with Crippen LogP contribution in [-0.4, -0.2) is 63.8 Å². The van der Waals surface area contributed by atoms with E-state index in [1.165, 1.54) is 37.7 Å². The molecule has 0 saturated carbocycles. The molecule has 8 heteroatoms. The highest BCUT2D eigenvalue weighted by atomic mass is 16.4. The van der Waals surface area contributed by atoms with E-state index in [1.54, 1.807) is 12.1 Å². The van der Waals surface area contributed by atoms with E-state index in [9.17, 15) is 20.1 Å². The van der Waals surface area contributed by atoms with Crippen molar-refractivity contribution in [1.29, 1.82) is 0 Å². The first-order valence-corrected chi connectivity index (χ1v) is 15.8. The molecule has 0 aliphatic carbocycles. The summed E-state index contributed by atoms with van der Waals surface area (Å²) in [5.41, 5.74) is 4.36. The van der Waals surface area contributed by atoms with Crippen LogP contribution in [0, 0.1) is 0 Å². The van der Waals surface area contributed by atoms with Gasteiger partial charge in [0.2, 0.25) is 0 Å². The number of unbranched alkanes of at least 4 members (excludes halogenated alkanes) is 7. The maximum absolute atomic E-state index is 9.86. The normalized spacial score (nSPS) is 11.4. The Kier molecular flexibility index (Phi) is 16.0. The van der Waals surface area contributed by atoms with Crippen LogP contribution in [0.3, 0.4) is 0 Å². The smallest absolute Gasteiger partial charge is 0.423 e. The Bertz CT molecular complexity index is 1130. The van der Waals surface area contributed by atoms with Crippen LogP contribution in [0.5, 0.6) is 0 Å². The van der Waals surface area contributed by atoms with Crippen molar-refractivity contribution >= 4 is 25.2 Å². The number of hydrogen-bond donors (Lipinski definition) is 4. The molecular formula is C34H50B2N2O4. The molecule has 3 rings (SSSR count). The van der Waals surface area contributed by atoms with E-state index in [2.05, 4.69) is 41.0 Å². The van der Waals surface area contributed by atoms with Crippen LogP contribution in [0.1, 0.15) is 81.4 Å². The van der Waals surface area contributed by atoms with Crippen molar-refractivity contribution in [1.82, 2.24) is 9.80 Å². The number of benzene rings is 3. The van der Waals surface area contributed by atoms with Crippen molar-refractivity contribution in [3.8, 4) is 0 Å². The molecule has 0 unspecified atom stereocenters. The molecule has 3 aromatic rings. The van der Waals surface area contributed by atoms with Gasteiger partial charge in [0.15, 0.2) is 0 Å². The lowest BCUT2D eigenvalue weighted by Crippen LogP contribution is -2.36. The molecule has 4 N–H and O–H groups in total. The number of nitrogens with zero attached hydrogens (tertiary/aromatic N) is 2. The predicted molar refractivity (Wildman–Crippen MR) is 176 cm³/mol. The molecule has 3 aromatic carbocycles. The van der Waals surface area contributed by atoms with E-state index in [0.717, 1.165) is 69.5 Å². The molecule has 0 saturated heterocycles. The number of hydrogen-bond acceptors (Lipinski definition) is 6. The van der Waals surface area contributed by atoms with Crippen LogP contribution in [0.4, 0.5) is 0 Å². The van der Waals surface area contributed by atoms with E-state index < -0.39 is 14.2 Å². The molecule has 42 heavy (non-hydrogen) atoms.